The third-order valence-corrected chi connectivity index (χ3v) is 4.12. The molecule has 0 aromatic rings. The highest BCUT2D eigenvalue weighted by molar-refractivity contribution is 4.96. The maximum Gasteiger partial charge on any atom is 0.0695 e. The summed E-state index contributed by atoms with van der Waals surface area (Å²) in [5, 5.41) is 9.82. The summed E-state index contributed by atoms with van der Waals surface area (Å²) in [5.74, 6) is 0. The van der Waals surface area contributed by atoms with Crippen LogP contribution in [0.2, 0.25) is 0 Å². The van der Waals surface area contributed by atoms with Gasteiger partial charge in [0.15, 0.2) is 0 Å². The van der Waals surface area contributed by atoms with Gasteiger partial charge in [0.05, 0.1) is 6.10 Å². The Hall–Kier alpha value is -0.0800. The summed E-state index contributed by atoms with van der Waals surface area (Å²) in [6.45, 7) is 4.67. The lowest BCUT2D eigenvalue weighted by Crippen LogP contribution is -2.52. The van der Waals surface area contributed by atoms with Gasteiger partial charge in [0.2, 0.25) is 0 Å². The molecule has 82 valence electrons. The molecule has 14 heavy (non-hydrogen) atoms. The van der Waals surface area contributed by atoms with Gasteiger partial charge in [-0.2, -0.15) is 0 Å². The number of rotatable bonds is 2. The van der Waals surface area contributed by atoms with Gasteiger partial charge in [-0.1, -0.05) is 13.8 Å². The van der Waals surface area contributed by atoms with Crippen LogP contribution in [-0.4, -0.2) is 35.2 Å². The smallest absolute Gasteiger partial charge is 0.0695 e. The Labute approximate surface area is 87.3 Å². The maximum absolute atomic E-state index is 9.82. The van der Waals surface area contributed by atoms with E-state index in [9.17, 15) is 5.11 Å². The van der Waals surface area contributed by atoms with E-state index in [1.165, 1.54) is 25.7 Å². The Morgan fingerprint density at radius 3 is 2.29 bits per heavy atom. The molecule has 0 spiro atoms. The second kappa shape index (κ2) is 3.49. The summed E-state index contributed by atoms with van der Waals surface area (Å²) >= 11 is 0. The molecule has 1 N–H and O–H groups in total. The molecule has 0 bridgehead atoms. The van der Waals surface area contributed by atoms with Crippen molar-refractivity contribution < 1.29 is 5.11 Å². The maximum atomic E-state index is 9.82. The molecule has 0 radical (unpaired) electrons. The quantitative estimate of drug-likeness (QED) is 0.732. The third kappa shape index (κ3) is 1.82. The first-order valence-electron chi connectivity index (χ1n) is 5.90. The highest BCUT2D eigenvalue weighted by atomic mass is 16.3. The molecule has 0 aromatic heterocycles. The predicted octanol–water partition coefficient (Wildman–Crippen LogP) is 2.02. The van der Waals surface area contributed by atoms with E-state index in [1.54, 1.807) is 0 Å². The molecule has 2 heteroatoms. The molecule has 2 saturated carbocycles. The van der Waals surface area contributed by atoms with Crippen LogP contribution in [0, 0.1) is 5.41 Å². The molecular weight excluding hydrogens is 174 g/mol. The Kier molecular flexibility index (Phi) is 2.61. The molecule has 0 saturated heterocycles. The number of aliphatic hydroxyl groups is 1. The Bertz CT molecular complexity index is 206. The average Bonchev–Trinajstić information content (AvgIpc) is 2.45. The lowest BCUT2D eigenvalue weighted by atomic mass is 9.67. The summed E-state index contributed by atoms with van der Waals surface area (Å²) in [4.78, 5) is 2.43. The van der Waals surface area contributed by atoms with Crippen LogP contribution in [-0.2, 0) is 0 Å². The largest absolute Gasteiger partial charge is 0.391 e. The predicted molar refractivity (Wildman–Crippen MR) is 58.2 cm³/mol. The van der Waals surface area contributed by atoms with Gasteiger partial charge in [-0.15, -0.1) is 0 Å². The van der Waals surface area contributed by atoms with Crippen LogP contribution in [0.25, 0.3) is 0 Å². The van der Waals surface area contributed by atoms with Gasteiger partial charge in [0, 0.05) is 12.1 Å². The second-order valence-corrected chi connectivity index (χ2v) is 5.96. The molecule has 2 rings (SSSR count). The zero-order valence-electron chi connectivity index (χ0n) is 9.66. The van der Waals surface area contributed by atoms with Crippen molar-refractivity contribution in [2.45, 2.75) is 64.1 Å². The summed E-state index contributed by atoms with van der Waals surface area (Å²) in [6, 6.07) is 1.17. The zero-order chi connectivity index (χ0) is 10.3. The zero-order valence-corrected chi connectivity index (χ0v) is 9.66. The summed E-state index contributed by atoms with van der Waals surface area (Å²) in [7, 11) is 2.19. The minimum atomic E-state index is -0.0660. The molecule has 0 unspecified atom stereocenters. The van der Waals surface area contributed by atoms with Crippen LogP contribution in [0.1, 0.15) is 46.0 Å². The Morgan fingerprint density at radius 1 is 1.21 bits per heavy atom. The highest BCUT2D eigenvalue weighted by Gasteiger charge is 2.42. The van der Waals surface area contributed by atoms with Crippen LogP contribution < -0.4 is 0 Å². The molecule has 0 aliphatic heterocycles. The number of nitrogens with zero attached hydrogens (tertiary/aromatic N) is 1. The minimum absolute atomic E-state index is 0.0660. The third-order valence-electron chi connectivity index (χ3n) is 4.12. The molecule has 0 amide bonds. The van der Waals surface area contributed by atoms with Crippen molar-refractivity contribution in [2.24, 2.45) is 5.41 Å². The number of hydrogen-bond acceptors (Lipinski definition) is 2. The van der Waals surface area contributed by atoms with E-state index in [0.717, 1.165) is 12.5 Å². The first-order valence-corrected chi connectivity index (χ1v) is 5.90. The highest BCUT2D eigenvalue weighted by Crippen LogP contribution is 2.44. The second-order valence-electron chi connectivity index (χ2n) is 5.96. The fourth-order valence-electron chi connectivity index (χ4n) is 3.17. The van der Waals surface area contributed by atoms with E-state index in [4.69, 9.17) is 0 Å². The topological polar surface area (TPSA) is 23.5 Å². The van der Waals surface area contributed by atoms with Crippen molar-refractivity contribution in [3.05, 3.63) is 0 Å². The van der Waals surface area contributed by atoms with Crippen molar-refractivity contribution in [3.63, 3.8) is 0 Å². The van der Waals surface area contributed by atoms with Gasteiger partial charge >= 0.3 is 0 Å². The van der Waals surface area contributed by atoms with Crippen LogP contribution in [0.4, 0.5) is 0 Å². The van der Waals surface area contributed by atoms with Gasteiger partial charge in [-0.25, -0.2) is 0 Å². The fourth-order valence-corrected chi connectivity index (χ4v) is 3.17. The average molecular weight is 197 g/mol. The number of likely N-dealkylation sites (N-methyl/N-ethyl adjacent to an activating group) is 1. The normalized spacial score (nSPS) is 37.5. The van der Waals surface area contributed by atoms with Crippen LogP contribution in [0.5, 0.6) is 0 Å². The Morgan fingerprint density at radius 2 is 1.86 bits per heavy atom. The minimum Gasteiger partial charge on any atom is -0.391 e. The van der Waals surface area contributed by atoms with Gasteiger partial charge in [-0.05, 0) is 44.6 Å². The summed E-state index contributed by atoms with van der Waals surface area (Å²) in [6.07, 6.45) is 5.93. The van der Waals surface area contributed by atoms with E-state index in [-0.39, 0.29) is 6.10 Å². The monoisotopic (exact) mass is 197 g/mol. The standard InChI is InChI=1S/C12H23NO/c1-12(2)7-9(8-12)13(3)10-5-4-6-11(10)14/h9-11,14H,4-8H2,1-3H3/t10-,11-/m1/s1. The SMILES string of the molecule is CN(C1CC(C)(C)C1)[C@@H]1CCC[C@H]1O. The van der Waals surface area contributed by atoms with E-state index in [0.29, 0.717) is 11.5 Å². The number of aliphatic hydroxyl groups excluding tert-OH is 1. The van der Waals surface area contributed by atoms with Gasteiger partial charge in [0.1, 0.15) is 0 Å². The van der Waals surface area contributed by atoms with Gasteiger partial charge in [0.25, 0.3) is 0 Å². The molecule has 2 aliphatic carbocycles. The lowest BCUT2D eigenvalue weighted by molar-refractivity contribution is -0.0144. The van der Waals surface area contributed by atoms with Crippen LogP contribution in [0.15, 0.2) is 0 Å². The van der Waals surface area contributed by atoms with Crippen molar-refractivity contribution in [1.82, 2.24) is 4.90 Å². The van der Waals surface area contributed by atoms with E-state index < -0.39 is 0 Å². The van der Waals surface area contributed by atoms with Crippen molar-refractivity contribution in [2.75, 3.05) is 7.05 Å². The fraction of sp³-hybridized carbons (Fsp3) is 1.00. The van der Waals surface area contributed by atoms with Crippen LogP contribution in [0.3, 0.4) is 0 Å². The molecule has 0 heterocycles. The molecule has 0 aromatic carbocycles. The van der Waals surface area contributed by atoms with E-state index in [2.05, 4.69) is 25.8 Å². The Balaban J connectivity index is 1.87. The van der Waals surface area contributed by atoms with E-state index in [1.807, 2.05) is 0 Å². The first-order chi connectivity index (χ1) is 6.49. The molecule has 2 nitrogen and oxygen atoms in total. The van der Waals surface area contributed by atoms with E-state index >= 15 is 0 Å². The van der Waals surface area contributed by atoms with Crippen molar-refractivity contribution in [3.8, 4) is 0 Å². The van der Waals surface area contributed by atoms with Crippen LogP contribution >= 0.6 is 0 Å². The molecular formula is C12H23NO. The first kappa shape index (κ1) is 10.4. The molecule has 2 aliphatic rings. The van der Waals surface area contributed by atoms with Gasteiger partial charge < -0.3 is 5.11 Å². The molecule has 2 atom stereocenters. The number of hydrogen-bond donors (Lipinski definition) is 1. The van der Waals surface area contributed by atoms with Crippen molar-refractivity contribution in [1.29, 1.82) is 0 Å². The summed E-state index contributed by atoms with van der Waals surface area (Å²) in [5.41, 5.74) is 0.544. The lowest BCUT2D eigenvalue weighted by Gasteiger charge is -2.49. The molecule has 2 fully saturated rings. The van der Waals surface area contributed by atoms with Gasteiger partial charge in [-0.3, -0.25) is 4.90 Å². The summed E-state index contributed by atoms with van der Waals surface area (Å²) < 4.78 is 0. The van der Waals surface area contributed by atoms with Crippen molar-refractivity contribution >= 4 is 0 Å².